The highest BCUT2D eigenvalue weighted by Crippen LogP contribution is 2.74. The number of hydrogen-bond donors (Lipinski definition) is 3. The molecule has 0 aromatic carbocycles. The van der Waals surface area contributed by atoms with Gasteiger partial charge in [-0.05, 0) is 44.1 Å². The Bertz CT molecular complexity index is 1580. The highest BCUT2D eigenvalue weighted by Gasteiger charge is 2.93. The van der Waals surface area contributed by atoms with Crippen LogP contribution in [0.3, 0.4) is 0 Å². The number of carbonyl (C=O) groups excluding carboxylic acids is 3. The molecule has 4 heterocycles. The molecule has 4 saturated heterocycles. The minimum absolute atomic E-state index is 0.0194. The summed E-state index contributed by atoms with van der Waals surface area (Å²) in [5, 5.41) is 35.6. The fourth-order valence-corrected chi connectivity index (χ4v) is 10.1. The van der Waals surface area contributed by atoms with Crippen LogP contribution in [0.4, 0.5) is 0 Å². The largest absolute Gasteiger partial charge is 0.465 e. The molecule has 6 fully saturated rings. The Morgan fingerprint density at radius 3 is 2.38 bits per heavy atom. The lowest BCUT2D eigenvalue weighted by Crippen LogP contribution is -2.79. The van der Waals surface area contributed by atoms with Gasteiger partial charge in [0.15, 0.2) is 17.0 Å². The zero-order valence-electron chi connectivity index (χ0n) is 31.9. The predicted molar refractivity (Wildman–Crippen MR) is 187 cm³/mol. The Balaban J connectivity index is 1.46. The average molecular weight is 745 g/mol. The molecule has 0 radical (unpaired) electrons. The SMILES string of the molecule is CCCCC/C=C/C=C/[C@]12O[C@@H]3[C@@H]4[C@@H]5O[C@]5(CO)[C@@H](O)C5(O)C(=O)C(C)=C[C@H]5C4(O1)[C@H](COC(=O)CC(C)C)[C@H](OC(=O)CC(C)C)[C@]3([C@@]1(C)CO1)O2. The van der Waals surface area contributed by atoms with Gasteiger partial charge < -0.3 is 48.5 Å². The molecule has 3 bridgehead atoms. The number of esters is 2. The van der Waals surface area contributed by atoms with Crippen molar-refractivity contribution in [1.29, 1.82) is 0 Å². The molecule has 53 heavy (non-hydrogen) atoms. The second-order valence-electron chi connectivity index (χ2n) is 17.3. The molecule has 2 unspecified atom stereocenters. The van der Waals surface area contributed by atoms with Crippen molar-refractivity contribution in [1.82, 2.24) is 0 Å². The third-order valence-electron chi connectivity index (χ3n) is 12.6. The highest BCUT2D eigenvalue weighted by molar-refractivity contribution is 6.05. The number of ketones is 1. The first-order chi connectivity index (χ1) is 25.0. The molecule has 2 saturated carbocycles. The highest BCUT2D eigenvalue weighted by atomic mass is 16.9. The fraction of sp³-hybridized carbons (Fsp3) is 0.775. The maximum atomic E-state index is 14.1. The van der Waals surface area contributed by atoms with Gasteiger partial charge in [-0.3, -0.25) is 14.4 Å². The number of fused-ring (bicyclic) bond motifs is 3. The van der Waals surface area contributed by atoms with Gasteiger partial charge in [0.25, 0.3) is 0 Å². The Kier molecular flexibility index (Phi) is 9.75. The van der Waals surface area contributed by atoms with Crippen LogP contribution in [-0.2, 0) is 47.5 Å². The van der Waals surface area contributed by atoms with Crippen molar-refractivity contribution >= 4 is 17.7 Å². The number of rotatable bonds is 15. The molecular formula is C40H56O13. The van der Waals surface area contributed by atoms with E-state index in [1.807, 2.05) is 46.8 Å². The first kappa shape index (κ1) is 38.8. The minimum atomic E-state index is -2.55. The van der Waals surface area contributed by atoms with Gasteiger partial charge in [-0.1, -0.05) is 71.8 Å². The van der Waals surface area contributed by atoms with Crippen molar-refractivity contribution in [3.63, 3.8) is 0 Å². The van der Waals surface area contributed by atoms with E-state index in [9.17, 15) is 29.7 Å². The Morgan fingerprint density at radius 1 is 1.04 bits per heavy atom. The third kappa shape index (κ3) is 5.58. The summed E-state index contributed by atoms with van der Waals surface area (Å²) in [4.78, 5) is 41.3. The monoisotopic (exact) mass is 744 g/mol. The van der Waals surface area contributed by atoms with Gasteiger partial charge in [-0.15, -0.1) is 0 Å². The molecule has 0 aromatic heterocycles. The summed E-state index contributed by atoms with van der Waals surface area (Å²) < 4.78 is 46.1. The van der Waals surface area contributed by atoms with E-state index in [2.05, 4.69) is 6.92 Å². The lowest BCUT2D eigenvalue weighted by molar-refractivity contribution is -0.409. The van der Waals surface area contributed by atoms with Gasteiger partial charge in [-0.2, -0.15) is 0 Å². The molecular weight excluding hydrogens is 688 g/mol. The topological polar surface area (TPSA) is 183 Å². The van der Waals surface area contributed by atoms with Crippen LogP contribution in [-0.4, -0.2) is 111 Å². The maximum absolute atomic E-state index is 14.1. The average Bonchev–Trinajstić information content (AvgIpc) is 3.99. The molecule has 0 aromatic rings. The third-order valence-corrected chi connectivity index (χ3v) is 12.6. The number of epoxide rings is 2. The lowest BCUT2D eigenvalue weighted by atomic mass is 9.51. The van der Waals surface area contributed by atoms with E-state index >= 15 is 0 Å². The van der Waals surface area contributed by atoms with Crippen LogP contribution >= 0.6 is 0 Å². The summed E-state index contributed by atoms with van der Waals surface area (Å²) >= 11 is 0. The van der Waals surface area contributed by atoms with Crippen molar-refractivity contribution in [3.8, 4) is 0 Å². The van der Waals surface area contributed by atoms with Crippen molar-refractivity contribution in [2.45, 2.75) is 145 Å². The molecule has 7 aliphatic rings. The minimum Gasteiger partial charge on any atom is -0.465 e. The van der Waals surface area contributed by atoms with Gasteiger partial charge in [0.05, 0.1) is 19.1 Å². The summed E-state index contributed by atoms with van der Waals surface area (Å²) in [5.41, 5.74) is -8.66. The van der Waals surface area contributed by atoms with E-state index in [0.717, 1.165) is 25.7 Å². The zero-order chi connectivity index (χ0) is 38.4. The predicted octanol–water partition coefficient (Wildman–Crippen LogP) is 3.22. The van der Waals surface area contributed by atoms with E-state index < -0.39 is 100 Å². The number of ether oxygens (including phenoxy) is 7. The Morgan fingerprint density at radius 2 is 1.74 bits per heavy atom. The number of unbranched alkanes of at least 4 members (excludes halogenated alkanes) is 3. The van der Waals surface area contributed by atoms with Gasteiger partial charge in [-0.25, -0.2) is 0 Å². The summed E-state index contributed by atoms with van der Waals surface area (Å²) in [6, 6.07) is 0. The molecule has 3 N–H and O–H groups in total. The first-order valence-corrected chi connectivity index (χ1v) is 19.4. The van der Waals surface area contributed by atoms with E-state index in [1.54, 1.807) is 18.2 Å². The van der Waals surface area contributed by atoms with Crippen molar-refractivity contribution in [2.75, 3.05) is 19.8 Å². The number of aliphatic hydroxyl groups is 3. The van der Waals surface area contributed by atoms with Crippen molar-refractivity contribution < 1.29 is 62.9 Å². The van der Waals surface area contributed by atoms with Crippen LogP contribution in [0.1, 0.15) is 87.0 Å². The smallest absolute Gasteiger partial charge is 0.306 e. The van der Waals surface area contributed by atoms with E-state index in [1.165, 1.54) is 6.92 Å². The number of carbonyl (C=O) groups is 3. The molecule has 3 aliphatic carbocycles. The molecule has 13 heteroatoms. The van der Waals surface area contributed by atoms with E-state index in [-0.39, 0.29) is 43.5 Å². The number of hydrogen-bond acceptors (Lipinski definition) is 13. The lowest BCUT2D eigenvalue weighted by Gasteiger charge is -2.61. The standard InChI is InChI=1S/C40H56O13/c1-8-9-10-11-12-13-14-15-37-51-33-29-32-36(20-41,50-32)34(45)38(46)26(18-24(6)30(38)44)39(29,52-37)25(19-47-27(42)16-22(2)3)31(49-28(43)17-23(4)5)40(33,53-37)35(7)21-48-35/h12-15,18,22-23,25-26,29,31-34,41,45-46H,8-11,16-17,19-21H2,1-7H3/b13-12+,15-14+/t25-,26-,29+,31+,32+,33-,34-,35-,36+,37+,38?,39?,40+/m1/s1. The summed E-state index contributed by atoms with van der Waals surface area (Å²) in [5.74, 6) is -7.23. The van der Waals surface area contributed by atoms with Crippen LogP contribution in [0.25, 0.3) is 0 Å². The molecule has 13 atom stereocenters. The van der Waals surface area contributed by atoms with E-state index in [0.29, 0.717) is 0 Å². The number of Topliss-reactive ketones (excluding diaryl/α,β-unsaturated/α-hetero) is 1. The number of allylic oxidation sites excluding steroid dienone is 3. The Hall–Kier alpha value is -2.49. The van der Waals surface area contributed by atoms with Crippen LogP contribution in [0.2, 0.25) is 0 Å². The fourth-order valence-electron chi connectivity index (χ4n) is 10.1. The summed E-state index contributed by atoms with van der Waals surface area (Å²) in [6.07, 6.45) is 7.86. The summed E-state index contributed by atoms with van der Waals surface area (Å²) in [6.45, 7) is 12.2. The quantitative estimate of drug-likeness (QED) is 0.0963. The molecule has 0 spiro atoms. The van der Waals surface area contributed by atoms with Crippen molar-refractivity contribution in [3.05, 3.63) is 36.0 Å². The molecule has 0 amide bonds. The zero-order valence-corrected chi connectivity index (χ0v) is 31.9. The summed E-state index contributed by atoms with van der Waals surface area (Å²) in [7, 11) is 0. The van der Waals surface area contributed by atoms with Crippen LogP contribution in [0.5, 0.6) is 0 Å². The molecule has 294 valence electrons. The van der Waals surface area contributed by atoms with Gasteiger partial charge in [0.2, 0.25) is 0 Å². The Labute approximate surface area is 311 Å². The van der Waals surface area contributed by atoms with Crippen LogP contribution in [0, 0.1) is 29.6 Å². The van der Waals surface area contributed by atoms with Crippen LogP contribution in [0.15, 0.2) is 36.0 Å². The van der Waals surface area contributed by atoms with Gasteiger partial charge >= 0.3 is 17.9 Å². The van der Waals surface area contributed by atoms with Crippen molar-refractivity contribution in [2.24, 2.45) is 29.6 Å². The number of aliphatic hydroxyl groups excluding tert-OH is 2. The molecule has 7 rings (SSSR count). The normalized spacial score (nSPS) is 46.1. The first-order valence-electron chi connectivity index (χ1n) is 19.4. The molecule has 4 aliphatic heterocycles. The molecule has 13 nitrogen and oxygen atoms in total. The van der Waals surface area contributed by atoms with Gasteiger partial charge in [0, 0.05) is 30.8 Å². The van der Waals surface area contributed by atoms with Crippen LogP contribution < -0.4 is 0 Å². The van der Waals surface area contributed by atoms with Gasteiger partial charge in [0.1, 0.15) is 47.8 Å². The maximum Gasteiger partial charge on any atom is 0.306 e. The second kappa shape index (κ2) is 13.3. The second-order valence-corrected chi connectivity index (χ2v) is 17.3. The van der Waals surface area contributed by atoms with E-state index in [4.69, 9.17) is 33.2 Å².